The normalized spacial score (nSPS) is 13.2. The molecule has 1 heterocycles. The van der Waals surface area contributed by atoms with Gasteiger partial charge in [-0.25, -0.2) is 4.79 Å². The lowest BCUT2D eigenvalue weighted by molar-refractivity contribution is 0.0504. The molecular weight excluding hydrogens is 232 g/mol. The Bertz CT molecular complexity index is 395. The van der Waals surface area contributed by atoms with Gasteiger partial charge in [-0.05, 0) is 33.8 Å². The van der Waals surface area contributed by atoms with E-state index in [0.29, 0.717) is 0 Å². The van der Waals surface area contributed by atoms with Crippen LogP contribution in [0.4, 0.5) is 4.79 Å². The lowest BCUT2D eigenvalue weighted by atomic mass is 10.2. The third kappa shape index (κ3) is 4.37. The number of nitrogens with zero attached hydrogens (tertiary/aromatic N) is 2. The van der Waals surface area contributed by atoms with Crippen molar-refractivity contribution >= 4 is 6.09 Å². The van der Waals surface area contributed by atoms with Crippen molar-refractivity contribution in [3.05, 3.63) is 18.0 Å². The second kappa shape index (κ2) is 5.86. The molecule has 1 atom stereocenters. The maximum absolute atomic E-state index is 11.7. The van der Waals surface area contributed by atoms with E-state index in [4.69, 9.17) is 10.5 Å². The number of hydrogen-bond donors (Lipinski definition) is 2. The highest BCUT2D eigenvalue weighted by Crippen LogP contribution is 2.11. The average molecular weight is 254 g/mol. The van der Waals surface area contributed by atoms with Crippen LogP contribution in [0.1, 0.15) is 39.4 Å². The summed E-state index contributed by atoms with van der Waals surface area (Å²) in [5, 5.41) is 7.03. The van der Waals surface area contributed by atoms with Crippen LogP contribution in [0.3, 0.4) is 0 Å². The first-order valence-electron chi connectivity index (χ1n) is 6.08. The van der Waals surface area contributed by atoms with Crippen LogP contribution in [0.2, 0.25) is 0 Å². The maximum atomic E-state index is 11.7. The fourth-order valence-electron chi connectivity index (χ4n) is 1.44. The Labute approximate surface area is 107 Å². The minimum atomic E-state index is -0.522. The lowest BCUT2D eigenvalue weighted by Gasteiger charge is -2.22. The molecule has 3 N–H and O–H groups in total. The van der Waals surface area contributed by atoms with Crippen LogP contribution in [0.15, 0.2) is 12.3 Å². The largest absolute Gasteiger partial charge is 0.444 e. The summed E-state index contributed by atoms with van der Waals surface area (Å²) in [7, 11) is 0. The van der Waals surface area contributed by atoms with E-state index in [1.807, 2.05) is 40.0 Å². The van der Waals surface area contributed by atoms with Gasteiger partial charge in [0.15, 0.2) is 0 Å². The van der Waals surface area contributed by atoms with Crippen molar-refractivity contribution in [1.82, 2.24) is 15.1 Å². The van der Waals surface area contributed by atoms with E-state index < -0.39 is 11.7 Å². The Kier molecular flexibility index (Phi) is 4.72. The van der Waals surface area contributed by atoms with Gasteiger partial charge < -0.3 is 15.8 Å². The van der Waals surface area contributed by atoms with Crippen LogP contribution < -0.4 is 11.1 Å². The van der Waals surface area contributed by atoms with Gasteiger partial charge in [-0.2, -0.15) is 5.10 Å². The summed E-state index contributed by atoms with van der Waals surface area (Å²) in [6, 6.07) is 1.52. The third-order valence-electron chi connectivity index (χ3n) is 2.27. The summed E-state index contributed by atoms with van der Waals surface area (Å²) >= 11 is 0. The molecule has 1 unspecified atom stereocenters. The number of nitrogens with one attached hydrogen (secondary N) is 1. The van der Waals surface area contributed by atoms with Crippen molar-refractivity contribution in [1.29, 1.82) is 0 Å². The van der Waals surface area contributed by atoms with E-state index in [1.165, 1.54) is 0 Å². The SMILES string of the molecule is CCn1ccc(C(CN)NC(=O)OC(C)(C)C)n1. The summed E-state index contributed by atoms with van der Waals surface area (Å²) in [4.78, 5) is 11.7. The van der Waals surface area contributed by atoms with E-state index in [1.54, 1.807) is 4.68 Å². The van der Waals surface area contributed by atoms with E-state index in [0.717, 1.165) is 12.2 Å². The Hall–Kier alpha value is -1.56. The molecule has 0 spiro atoms. The highest BCUT2D eigenvalue weighted by Gasteiger charge is 2.20. The first-order chi connectivity index (χ1) is 8.35. The van der Waals surface area contributed by atoms with Gasteiger partial charge in [-0.1, -0.05) is 0 Å². The van der Waals surface area contributed by atoms with Gasteiger partial charge in [0.1, 0.15) is 5.60 Å². The number of nitrogens with two attached hydrogens (primary N) is 1. The highest BCUT2D eigenvalue weighted by molar-refractivity contribution is 5.68. The number of rotatable bonds is 4. The van der Waals surface area contributed by atoms with E-state index in [9.17, 15) is 4.79 Å². The molecule has 102 valence electrons. The van der Waals surface area contributed by atoms with Crippen LogP contribution in [0.25, 0.3) is 0 Å². The minimum Gasteiger partial charge on any atom is -0.444 e. The van der Waals surface area contributed by atoms with E-state index in [2.05, 4.69) is 10.4 Å². The number of hydrogen-bond acceptors (Lipinski definition) is 4. The molecular formula is C12H22N4O2. The molecule has 0 saturated heterocycles. The van der Waals surface area contributed by atoms with Crippen LogP contribution >= 0.6 is 0 Å². The molecule has 0 bridgehead atoms. The molecule has 0 fully saturated rings. The maximum Gasteiger partial charge on any atom is 0.408 e. The summed E-state index contributed by atoms with van der Waals surface area (Å²) in [6.07, 6.45) is 1.37. The van der Waals surface area contributed by atoms with Gasteiger partial charge >= 0.3 is 6.09 Å². The number of aryl methyl sites for hydroxylation is 1. The summed E-state index contributed by atoms with van der Waals surface area (Å²) in [6.45, 7) is 8.50. The van der Waals surface area contributed by atoms with Gasteiger partial charge in [-0.15, -0.1) is 0 Å². The molecule has 1 aromatic rings. The molecule has 0 aliphatic rings. The van der Waals surface area contributed by atoms with Crippen LogP contribution in [-0.4, -0.2) is 28.0 Å². The zero-order chi connectivity index (χ0) is 13.8. The van der Waals surface area contributed by atoms with Gasteiger partial charge in [0, 0.05) is 19.3 Å². The van der Waals surface area contributed by atoms with Crippen molar-refractivity contribution in [3.8, 4) is 0 Å². The second-order valence-corrected chi connectivity index (χ2v) is 5.03. The summed E-state index contributed by atoms with van der Waals surface area (Å²) in [5.74, 6) is 0. The number of amides is 1. The van der Waals surface area contributed by atoms with Crippen LogP contribution in [-0.2, 0) is 11.3 Å². The zero-order valence-corrected chi connectivity index (χ0v) is 11.4. The first-order valence-corrected chi connectivity index (χ1v) is 6.08. The number of carbonyl (C=O) groups excluding carboxylic acids is 1. The smallest absolute Gasteiger partial charge is 0.408 e. The first kappa shape index (κ1) is 14.5. The quantitative estimate of drug-likeness (QED) is 0.851. The van der Waals surface area contributed by atoms with Crippen molar-refractivity contribution < 1.29 is 9.53 Å². The number of ether oxygens (including phenoxy) is 1. The Morgan fingerprint density at radius 1 is 1.61 bits per heavy atom. The predicted molar refractivity (Wildman–Crippen MR) is 69.1 cm³/mol. The zero-order valence-electron chi connectivity index (χ0n) is 11.4. The van der Waals surface area contributed by atoms with Crippen molar-refractivity contribution in [2.75, 3.05) is 6.54 Å². The Balaban J connectivity index is 2.64. The Morgan fingerprint density at radius 2 is 2.28 bits per heavy atom. The van der Waals surface area contributed by atoms with Crippen LogP contribution in [0, 0.1) is 0 Å². The van der Waals surface area contributed by atoms with Gasteiger partial charge in [0.25, 0.3) is 0 Å². The van der Waals surface area contributed by atoms with Crippen LogP contribution in [0.5, 0.6) is 0 Å². The molecule has 1 amide bonds. The number of alkyl carbamates (subject to hydrolysis) is 1. The fraction of sp³-hybridized carbons (Fsp3) is 0.667. The van der Waals surface area contributed by atoms with Gasteiger partial charge in [-0.3, -0.25) is 4.68 Å². The predicted octanol–water partition coefficient (Wildman–Crippen LogP) is 1.43. The number of aromatic nitrogens is 2. The standard InChI is InChI=1S/C12H22N4O2/c1-5-16-7-6-9(15-16)10(8-13)14-11(17)18-12(2,3)4/h6-7,10H,5,8,13H2,1-4H3,(H,14,17). The van der Waals surface area contributed by atoms with Crippen molar-refractivity contribution in [2.45, 2.75) is 45.9 Å². The molecule has 6 heteroatoms. The number of carbonyl (C=O) groups is 1. The van der Waals surface area contributed by atoms with Crippen molar-refractivity contribution in [2.24, 2.45) is 5.73 Å². The highest BCUT2D eigenvalue weighted by atomic mass is 16.6. The fourth-order valence-corrected chi connectivity index (χ4v) is 1.44. The minimum absolute atomic E-state index is 0.278. The molecule has 1 rings (SSSR count). The van der Waals surface area contributed by atoms with E-state index in [-0.39, 0.29) is 12.6 Å². The lowest BCUT2D eigenvalue weighted by Crippen LogP contribution is -2.38. The van der Waals surface area contributed by atoms with Gasteiger partial charge in [0.05, 0.1) is 11.7 Å². The van der Waals surface area contributed by atoms with E-state index >= 15 is 0 Å². The molecule has 18 heavy (non-hydrogen) atoms. The third-order valence-corrected chi connectivity index (χ3v) is 2.27. The van der Waals surface area contributed by atoms with Crippen molar-refractivity contribution in [3.63, 3.8) is 0 Å². The Morgan fingerprint density at radius 3 is 2.72 bits per heavy atom. The monoisotopic (exact) mass is 254 g/mol. The average Bonchev–Trinajstić information content (AvgIpc) is 2.71. The molecule has 0 saturated carbocycles. The summed E-state index contributed by atoms with van der Waals surface area (Å²) < 4.78 is 6.97. The van der Waals surface area contributed by atoms with Gasteiger partial charge in [0.2, 0.25) is 0 Å². The molecule has 0 aromatic carbocycles. The molecule has 0 aliphatic heterocycles. The second-order valence-electron chi connectivity index (χ2n) is 5.03. The summed E-state index contributed by atoms with van der Waals surface area (Å²) in [5.41, 5.74) is 5.87. The molecule has 0 aliphatic carbocycles. The topological polar surface area (TPSA) is 82.2 Å². The molecule has 1 aromatic heterocycles. The molecule has 6 nitrogen and oxygen atoms in total. The molecule has 0 radical (unpaired) electrons.